The third-order valence-corrected chi connectivity index (χ3v) is 7.34. The van der Waals surface area contributed by atoms with Crippen molar-refractivity contribution in [3.8, 4) is 0 Å². The lowest BCUT2D eigenvalue weighted by Gasteiger charge is -2.10. The smallest absolute Gasteiger partial charge is 0.206 e. The summed E-state index contributed by atoms with van der Waals surface area (Å²) in [7, 11) is 0.500. The van der Waals surface area contributed by atoms with Crippen molar-refractivity contribution in [1.29, 1.82) is 0 Å². The van der Waals surface area contributed by atoms with E-state index in [0.29, 0.717) is 7.18 Å². The Balaban J connectivity index is 0.000000599. The van der Waals surface area contributed by atoms with Crippen molar-refractivity contribution in [3.63, 3.8) is 0 Å². The Kier molecular flexibility index (Phi) is 17.4. The molecule has 0 atom stereocenters. The summed E-state index contributed by atoms with van der Waals surface area (Å²) in [6.07, 6.45) is 0. The number of alkyl halides is 1. The van der Waals surface area contributed by atoms with Crippen LogP contribution >= 0.6 is 47.0 Å². The van der Waals surface area contributed by atoms with Crippen molar-refractivity contribution in [2.45, 2.75) is 56.2 Å². The predicted molar refractivity (Wildman–Crippen MR) is 179 cm³/mol. The second-order valence-electron chi connectivity index (χ2n) is 8.71. The van der Waals surface area contributed by atoms with E-state index < -0.39 is 0 Å². The van der Waals surface area contributed by atoms with Gasteiger partial charge in [-0.25, -0.2) is 0 Å². The van der Waals surface area contributed by atoms with Crippen LogP contribution in [0.5, 0.6) is 0 Å². The van der Waals surface area contributed by atoms with Crippen molar-refractivity contribution < 1.29 is 20.9 Å². The molecule has 7 heteroatoms. The third kappa shape index (κ3) is 12.8. The molecule has 4 rings (SSSR count). The first-order valence-electron chi connectivity index (χ1n) is 12.7. The van der Waals surface area contributed by atoms with Gasteiger partial charge in [0.2, 0.25) is 1.43 Å². The van der Waals surface area contributed by atoms with E-state index in [1.807, 2.05) is 88.4 Å². The Morgan fingerprint density at radius 2 is 1.05 bits per heavy atom. The largest absolute Gasteiger partial charge is 0.412 e. The van der Waals surface area contributed by atoms with Gasteiger partial charge in [0.25, 0.3) is 0 Å². The minimum absolute atomic E-state index is 0.140. The quantitative estimate of drug-likeness (QED) is 0.132. The number of carbonyl (C=O) groups excluding carboxylic acids is 2. The summed E-state index contributed by atoms with van der Waals surface area (Å²) in [6.45, 7) is 11.2. The number of carbonyl (C=O) groups is 2. The number of hydrogen-bond donors (Lipinski definition) is 1. The fraction of sp³-hybridized carbons (Fsp3) is 0.212. The molecule has 0 aliphatic rings. The molecule has 0 amide bonds. The molecule has 2 N–H and O–H groups in total. The van der Waals surface area contributed by atoms with Crippen molar-refractivity contribution >= 4 is 58.5 Å². The van der Waals surface area contributed by atoms with Crippen LogP contribution in [0, 0.1) is 31.3 Å². The minimum atomic E-state index is 0.140. The van der Waals surface area contributed by atoms with Crippen LogP contribution in [-0.2, 0) is 0 Å². The highest BCUT2D eigenvalue weighted by Gasteiger charge is 2.10. The Labute approximate surface area is 263 Å². The van der Waals surface area contributed by atoms with E-state index in [4.69, 9.17) is 6.91 Å². The van der Waals surface area contributed by atoms with E-state index in [-0.39, 0.29) is 11.6 Å². The van der Waals surface area contributed by atoms with Crippen LogP contribution in [0.15, 0.2) is 99.6 Å². The summed E-state index contributed by atoms with van der Waals surface area (Å²) in [5.41, 5.74) is 12.2. The van der Waals surface area contributed by atoms with Crippen LogP contribution in [0.4, 0.5) is 4.39 Å². The van der Waals surface area contributed by atoms with E-state index in [1.165, 1.54) is 13.4 Å². The Hall–Kier alpha value is -2.46. The van der Waals surface area contributed by atoms with E-state index in [9.17, 15) is 14.0 Å². The van der Waals surface area contributed by atoms with Gasteiger partial charge in [0.1, 0.15) is 0 Å². The highest BCUT2D eigenvalue weighted by molar-refractivity contribution is 14.1. The standard InChI is InChI=1S/C16H16OS.C10H11IO.C6H6S.CH3F.H2O/c1-11-9-15(10-12(2)16(11)13(3)17)18-14-7-5-4-6-8-14;1-6-4-9(11)5-7(2)10(6)8(3)12;7-6-4-2-1-3-5-6;1-2;/h4-10H,1-3H3;4-5H,1-3H3;1-5,7H;1H3;1H2/i/hD. The van der Waals surface area contributed by atoms with Crippen LogP contribution in [-0.4, -0.2) is 24.2 Å². The maximum absolute atomic E-state index is 11.5. The molecule has 0 radical (unpaired) electrons. The first-order valence-corrected chi connectivity index (χ1v) is 14.6. The summed E-state index contributed by atoms with van der Waals surface area (Å²) in [4.78, 5) is 26.2. The third-order valence-electron chi connectivity index (χ3n) is 5.44. The Morgan fingerprint density at radius 3 is 1.38 bits per heavy atom. The van der Waals surface area contributed by atoms with Crippen LogP contribution in [0.3, 0.4) is 0 Å². The first-order chi connectivity index (χ1) is 19.5. The van der Waals surface area contributed by atoms with Gasteiger partial charge < -0.3 is 5.48 Å². The summed E-state index contributed by atoms with van der Waals surface area (Å²) >= 11 is 8.07. The molecule has 0 heterocycles. The molecule has 40 heavy (non-hydrogen) atoms. The molecule has 214 valence electrons. The molecule has 4 aromatic rings. The molecule has 0 unspecified atom stereocenters. The number of halogens is 2. The van der Waals surface area contributed by atoms with E-state index in [1.54, 1.807) is 25.6 Å². The number of ketones is 2. The molecule has 0 fully saturated rings. The van der Waals surface area contributed by atoms with Crippen LogP contribution < -0.4 is 0 Å². The normalized spacial score (nSPS) is 9.53. The number of hydrogen-bond acceptors (Lipinski definition) is 4. The van der Waals surface area contributed by atoms with Crippen molar-refractivity contribution in [1.82, 2.24) is 0 Å². The zero-order chi connectivity index (χ0) is 31.5. The molecule has 4 aromatic carbocycles. The summed E-state index contributed by atoms with van der Waals surface area (Å²) in [5.74, 6) is 0.294. The zero-order valence-corrected chi connectivity index (χ0v) is 27.8. The Morgan fingerprint density at radius 1 is 0.700 bits per heavy atom. The highest BCUT2D eigenvalue weighted by Crippen LogP contribution is 2.30. The van der Waals surface area contributed by atoms with Gasteiger partial charge in [-0.05, 0) is 135 Å². The van der Waals surface area contributed by atoms with Gasteiger partial charge in [-0.2, -0.15) is 0 Å². The molecule has 0 saturated carbocycles. The molecule has 0 aliphatic carbocycles. The molecule has 0 bridgehead atoms. The number of aryl methyl sites for hydroxylation is 4. The topological polar surface area (TPSA) is 65.6 Å². The molecule has 0 saturated heterocycles. The van der Waals surface area contributed by atoms with E-state index >= 15 is 0 Å². The first kappa shape index (κ1) is 35.6. The highest BCUT2D eigenvalue weighted by atomic mass is 127. The second kappa shape index (κ2) is 19.6. The lowest BCUT2D eigenvalue weighted by atomic mass is 10.0. The SMILES string of the molecule is CC(=O)c1c(C)cc(I)cc1C.CC(=O)c1c(C)cc(Sc2ccccc2)cc1C.CF.Sc1ccccc1.[2H]O. The molecule has 0 aliphatic heterocycles. The summed E-state index contributed by atoms with van der Waals surface area (Å²) in [6, 6.07) is 28.3. The molecule has 0 spiro atoms. The van der Waals surface area contributed by atoms with Crippen molar-refractivity contribution in [2.24, 2.45) is 0 Å². The fourth-order valence-electron chi connectivity index (χ4n) is 4.06. The maximum Gasteiger partial charge on any atom is 0.206 e. The molecular formula is C33H38FIO3S2. The Bertz CT molecular complexity index is 1320. The number of rotatable bonds is 4. The minimum Gasteiger partial charge on any atom is -0.412 e. The van der Waals surface area contributed by atoms with Gasteiger partial charge in [-0.1, -0.05) is 48.2 Å². The van der Waals surface area contributed by atoms with E-state index in [0.717, 1.165) is 38.3 Å². The van der Waals surface area contributed by atoms with Gasteiger partial charge >= 0.3 is 0 Å². The summed E-state index contributed by atoms with van der Waals surface area (Å²) < 4.78 is 15.4. The monoisotopic (exact) mass is 693 g/mol. The van der Waals surface area contributed by atoms with Crippen LogP contribution in [0.1, 0.15) is 58.2 Å². The lowest BCUT2D eigenvalue weighted by molar-refractivity contribution is 0.100. The van der Waals surface area contributed by atoms with Gasteiger partial charge in [0.15, 0.2) is 11.6 Å². The second-order valence-corrected chi connectivity index (χ2v) is 11.6. The van der Waals surface area contributed by atoms with Crippen molar-refractivity contribution in [3.05, 3.63) is 122 Å². The predicted octanol–water partition coefficient (Wildman–Crippen LogP) is 9.50. The fourth-order valence-corrected chi connectivity index (χ4v) is 6.20. The lowest BCUT2D eigenvalue weighted by Crippen LogP contribution is -2.00. The van der Waals surface area contributed by atoms with Gasteiger partial charge in [0, 0.05) is 29.4 Å². The molecule has 3 nitrogen and oxygen atoms in total. The summed E-state index contributed by atoms with van der Waals surface area (Å²) in [5, 5.41) is 0. The average Bonchev–Trinajstić information content (AvgIpc) is 2.91. The number of Topliss-reactive ketones (excluding diaryl/α,β-unsaturated/α-hetero) is 2. The molecule has 0 aromatic heterocycles. The molecular weight excluding hydrogens is 654 g/mol. The van der Waals surface area contributed by atoms with Gasteiger partial charge in [-0.3, -0.25) is 14.0 Å². The van der Waals surface area contributed by atoms with Gasteiger partial charge in [-0.15, -0.1) is 12.6 Å². The van der Waals surface area contributed by atoms with Crippen molar-refractivity contribution in [2.75, 3.05) is 7.18 Å². The zero-order valence-electron chi connectivity index (χ0n) is 25.0. The van der Waals surface area contributed by atoms with E-state index in [2.05, 4.69) is 59.5 Å². The number of thiol groups is 1. The average molecular weight is 694 g/mol. The van der Waals surface area contributed by atoms with Crippen LogP contribution in [0.25, 0.3) is 0 Å². The van der Waals surface area contributed by atoms with Crippen LogP contribution in [0.2, 0.25) is 0 Å². The van der Waals surface area contributed by atoms with Gasteiger partial charge in [0.05, 0.1) is 7.18 Å². The number of benzene rings is 4. The maximum atomic E-state index is 11.5.